The lowest BCUT2D eigenvalue weighted by Gasteiger charge is -2.11. The van der Waals surface area contributed by atoms with Crippen LogP contribution in [0.5, 0.6) is 11.6 Å². The van der Waals surface area contributed by atoms with Crippen LogP contribution in [0.3, 0.4) is 0 Å². The molecule has 0 aliphatic rings. The Bertz CT molecular complexity index is 758. The molecule has 0 aliphatic heterocycles. The Morgan fingerprint density at radius 3 is 2.70 bits per heavy atom. The first-order chi connectivity index (χ1) is 9.78. The molecule has 3 rings (SSSR count). The van der Waals surface area contributed by atoms with Gasteiger partial charge in [-0.25, -0.2) is 4.98 Å². The Hall–Kier alpha value is -2.10. The summed E-state index contributed by atoms with van der Waals surface area (Å²) < 4.78 is 5.81. The molecule has 0 saturated carbocycles. The van der Waals surface area contributed by atoms with Crippen LogP contribution in [0.25, 0.3) is 10.9 Å². The van der Waals surface area contributed by atoms with Gasteiger partial charge in [-0.1, -0.05) is 35.9 Å². The molecule has 0 fully saturated rings. The molecule has 0 unspecified atom stereocenters. The third kappa shape index (κ3) is 2.46. The van der Waals surface area contributed by atoms with Crippen molar-refractivity contribution < 1.29 is 4.74 Å². The smallest absolute Gasteiger partial charge is 0.219 e. The second-order valence-corrected chi connectivity index (χ2v) is 4.77. The van der Waals surface area contributed by atoms with E-state index in [2.05, 4.69) is 4.98 Å². The minimum absolute atomic E-state index is 0.322. The topological polar surface area (TPSA) is 48.1 Å². The van der Waals surface area contributed by atoms with Crippen molar-refractivity contribution in [2.24, 2.45) is 5.73 Å². The summed E-state index contributed by atoms with van der Waals surface area (Å²) in [6.07, 6.45) is 0. The van der Waals surface area contributed by atoms with E-state index in [1.807, 2.05) is 48.5 Å². The van der Waals surface area contributed by atoms with Gasteiger partial charge in [0.15, 0.2) is 0 Å². The zero-order valence-corrected chi connectivity index (χ0v) is 11.5. The van der Waals surface area contributed by atoms with Crippen molar-refractivity contribution >= 4 is 22.5 Å². The maximum Gasteiger partial charge on any atom is 0.219 e. The summed E-state index contributed by atoms with van der Waals surface area (Å²) in [6.45, 7) is 0.322. The monoisotopic (exact) mass is 284 g/mol. The largest absolute Gasteiger partial charge is 0.439 e. The van der Waals surface area contributed by atoms with E-state index in [9.17, 15) is 0 Å². The first-order valence-electron chi connectivity index (χ1n) is 6.29. The van der Waals surface area contributed by atoms with E-state index in [0.29, 0.717) is 23.2 Å². The van der Waals surface area contributed by atoms with Crippen molar-refractivity contribution in [2.45, 2.75) is 6.54 Å². The SMILES string of the molecule is NCc1c(Cl)cccc1Oc1ccc2ccccc2n1. The van der Waals surface area contributed by atoms with Crippen LogP contribution in [0.4, 0.5) is 0 Å². The van der Waals surface area contributed by atoms with Gasteiger partial charge in [-0.05, 0) is 24.3 Å². The number of fused-ring (bicyclic) bond motifs is 1. The van der Waals surface area contributed by atoms with Gasteiger partial charge >= 0.3 is 0 Å². The van der Waals surface area contributed by atoms with Crippen LogP contribution in [0.2, 0.25) is 5.02 Å². The van der Waals surface area contributed by atoms with Gasteiger partial charge in [-0.2, -0.15) is 0 Å². The summed E-state index contributed by atoms with van der Waals surface area (Å²) in [5, 5.41) is 1.68. The molecule has 1 aromatic heterocycles. The highest BCUT2D eigenvalue weighted by atomic mass is 35.5. The Morgan fingerprint density at radius 1 is 1.00 bits per heavy atom. The second-order valence-electron chi connectivity index (χ2n) is 4.36. The number of nitrogens with zero attached hydrogens (tertiary/aromatic N) is 1. The highest BCUT2D eigenvalue weighted by molar-refractivity contribution is 6.31. The molecule has 2 N–H and O–H groups in total. The van der Waals surface area contributed by atoms with E-state index < -0.39 is 0 Å². The van der Waals surface area contributed by atoms with Gasteiger partial charge in [0.2, 0.25) is 5.88 Å². The van der Waals surface area contributed by atoms with E-state index in [4.69, 9.17) is 22.1 Å². The Balaban J connectivity index is 1.99. The summed E-state index contributed by atoms with van der Waals surface area (Å²) >= 11 is 6.11. The van der Waals surface area contributed by atoms with E-state index in [0.717, 1.165) is 16.5 Å². The van der Waals surface area contributed by atoms with Crippen LogP contribution in [0.15, 0.2) is 54.6 Å². The summed E-state index contributed by atoms with van der Waals surface area (Å²) in [7, 11) is 0. The average Bonchev–Trinajstić information content (AvgIpc) is 2.47. The number of benzene rings is 2. The van der Waals surface area contributed by atoms with Crippen LogP contribution >= 0.6 is 11.6 Å². The normalized spacial score (nSPS) is 10.7. The first kappa shape index (κ1) is 12.9. The number of ether oxygens (including phenoxy) is 1. The van der Waals surface area contributed by atoms with E-state index in [1.54, 1.807) is 6.07 Å². The molecular formula is C16H13ClN2O. The predicted octanol–water partition coefficient (Wildman–Crippen LogP) is 4.14. The molecule has 0 bridgehead atoms. The van der Waals surface area contributed by atoms with Gasteiger partial charge in [0, 0.05) is 28.6 Å². The van der Waals surface area contributed by atoms with Crippen molar-refractivity contribution in [3.8, 4) is 11.6 Å². The maximum atomic E-state index is 6.11. The summed E-state index contributed by atoms with van der Waals surface area (Å²) in [4.78, 5) is 4.47. The van der Waals surface area contributed by atoms with Gasteiger partial charge in [0.1, 0.15) is 5.75 Å². The van der Waals surface area contributed by atoms with Crippen LogP contribution in [0, 0.1) is 0 Å². The number of rotatable bonds is 3. The number of nitrogens with two attached hydrogens (primary N) is 1. The maximum absolute atomic E-state index is 6.11. The van der Waals surface area contributed by atoms with Crippen LogP contribution in [0.1, 0.15) is 5.56 Å². The molecule has 3 nitrogen and oxygen atoms in total. The van der Waals surface area contributed by atoms with Crippen LogP contribution < -0.4 is 10.5 Å². The lowest BCUT2D eigenvalue weighted by Crippen LogP contribution is -2.01. The van der Waals surface area contributed by atoms with Crippen molar-refractivity contribution in [1.29, 1.82) is 0 Å². The quantitative estimate of drug-likeness (QED) is 0.786. The number of aromatic nitrogens is 1. The Morgan fingerprint density at radius 2 is 1.85 bits per heavy atom. The lowest BCUT2D eigenvalue weighted by atomic mass is 10.2. The standard InChI is InChI=1S/C16H13ClN2O/c17-13-5-3-7-15(12(13)10-18)20-16-9-8-11-4-1-2-6-14(11)19-16/h1-9H,10,18H2. The van der Waals surface area contributed by atoms with Gasteiger partial charge in [0.25, 0.3) is 0 Å². The molecule has 0 atom stereocenters. The van der Waals surface area contributed by atoms with Crippen LogP contribution in [-0.2, 0) is 6.54 Å². The molecule has 0 spiro atoms. The average molecular weight is 285 g/mol. The molecule has 4 heteroatoms. The fraction of sp³-hybridized carbons (Fsp3) is 0.0625. The molecule has 2 aromatic carbocycles. The van der Waals surface area contributed by atoms with E-state index in [1.165, 1.54) is 0 Å². The fourth-order valence-corrected chi connectivity index (χ4v) is 2.29. The van der Waals surface area contributed by atoms with Crippen molar-refractivity contribution in [3.63, 3.8) is 0 Å². The summed E-state index contributed by atoms with van der Waals surface area (Å²) in [5.74, 6) is 1.17. The third-order valence-electron chi connectivity index (χ3n) is 3.07. The van der Waals surface area contributed by atoms with E-state index >= 15 is 0 Å². The van der Waals surface area contributed by atoms with Gasteiger partial charge < -0.3 is 10.5 Å². The second kappa shape index (κ2) is 5.49. The minimum atomic E-state index is 0.322. The molecule has 20 heavy (non-hydrogen) atoms. The number of pyridine rings is 1. The number of para-hydroxylation sites is 1. The van der Waals surface area contributed by atoms with Crippen molar-refractivity contribution in [3.05, 3.63) is 65.2 Å². The number of halogens is 1. The molecular weight excluding hydrogens is 272 g/mol. The zero-order chi connectivity index (χ0) is 13.9. The van der Waals surface area contributed by atoms with Gasteiger partial charge in [-0.15, -0.1) is 0 Å². The van der Waals surface area contributed by atoms with Crippen molar-refractivity contribution in [2.75, 3.05) is 0 Å². The first-order valence-corrected chi connectivity index (χ1v) is 6.67. The molecule has 0 aliphatic carbocycles. The zero-order valence-electron chi connectivity index (χ0n) is 10.7. The fourth-order valence-electron chi connectivity index (χ4n) is 2.05. The predicted molar refractivity (Wildman–Crippen MR) is 81.2 cm³/mol. The summed E-state index contributed by atoms with van der Waals surface area (Å²) in [5.41, 5.74) is 7.38. The molecule has 3 aromatic rings. The number of hydrogen-bond donors (Lipinski definition) is 1. The Kier molecular flexibility index (Phi) is 3.54. The number of hydrogen-bond acceptors (Lipinski definition) is 3. The molecule has 0 amide bonds. The van der Waals surface area contributed by atoms with Gasteiger partial charge in [0.05, 0.1) is 5.52 Å². The highest BCUT2D eigenvalue weighted by Crippen LogP contribution is 2.30. The molecule has 100 valence electrons. The van der Waals surface area contributed by atoms with E-state index in [-0.39, 0.29) is 0 Å². The molecule has 0 saturated heterocycles. The Labute approximate surface area is 122 Å². The molecule has 1 heterocycles. The third-order valence-corrected chi connectivity index (χ3v) is 3.42. The lowest BCUT2D eigenvalue weighted by molar-refractivity contribution is 0.459. The highest BCUT2D eigenvalue weighted by Gasteiger charge is 2.08. The molecule has 0 radical (unpaired) electrons. The van der Waals surface area contributed by atoms with Crippen LogP contribution in [-0.4, -0.2) is 4.98 Å². The minimum Gasteiger partial charge on any atom is -0.439 e. The summed E-state index contributed by atoms with van der Waals surface area (Å²) in [6, 6.07) is 17.2. The van der Waals surface area contributed by atoms with Crippen molar-refractivity contribution in [1.82, 2.24) is 4.98 Å². The van der Waals surface area contributed by atoms with Gasteiger partial charge in [-0.3, -0.25) is 0 Å².